The van der Waals surface area contributed by atoms with Crippen LogP contribution in [0.1, 0.15) is 6.92 Å². The van der Waals surface area contributed by atoms with Gasteiger partial charge < -0.3 is 5.73 Å². The minimum atomic E-state index is -0.257. The third-order valence-electron chi connectivity index (χ3n) is 0.977. The predicted octanol–water partition coefficient (Wildman–Crippen LogP) is -0.431. The van der Waals surface area contributed by atoms with E-state index in [1.54, 1.807) is 13.0 Å². The number of nitrogens with one attached hydrogen (secondary N) is 1. The van der Waals surface area contributed by atoms with Crippen LogP contribution in [0.25, 0.3) is 0 Å². The normalized spacial score (nSPS) is 11.3. The lowest BCUT2D eigenvalue weighted by Gasteiger charge is -1.99. The van der Waals surface area contributed by atoms with E-state index in [1.807, 2.05) is 0 Å². The van der Waals surface area contributed by atoms with E-state index in [-0.39, 0.29) is 5.91 Å². The van der Waals surface area contributed by atoms with Crippen molar-refractivity contribution in [1.82, 2.24) is 5.48 Å². The van der Waals surface area contributed by atoms with Crippen LogP contribution in [0.2, 0.25) is 0 Å². The molecule has 3 N–H and O–H groups in total. The highest BCUT2D eigenvalue weighted by molar-refractivity contribution is 5.91. The summed E-state index contributed by atoms with van der Waals surface area (Å²) < 4.78 is 0. The Morgan fingerprint density at radius 1 is 1.80 bits per heavy atom. The zero-order chi connectivity index (χ0) is 7.98. The van der Waals surface area contributed by atoms with Crippen molar-refractivity contribution in [2.24, 2.45) is 5.73 Å². The molecule has 0 aliphatic rings. The molecule has 0 bridgehead atoms. The Bertz CT molecular complexity index is 143. The zero-order valence-electron chi connectivity index (χ0n) is 6.18. The van der Waals surface area contributed by atoms with Crippen LogP contribution in [-0.2, 0) is 9.63 Å². The van der Waals surface area contributed by atoms with Crippen molar-refractivity contribution >= 4 is 5.91 Å². The number of nitrogens with two attached hydrogens (primary N) is 1. The molecule has 58 valence electrons. The van der Waals surface area contributed by atoms with E-state index in [2.05, 4.69) is 10.3 Å². The van der Waals surface area contributed by atoms with Gasteiger partial charge in [-0.15, -0.1) is 0 Å². The molecule has 0 unspecified atom stereocenters. The lowest BCUT2D eigenvalue weighted by Crippen LogP contribution is -2.22. The van der Waals surface area contributed by atoms with Crippen molar-refractivity contribution in [3.8, 4) is 0 Å². The summed E-state index contributed by atoms with van der Waals surface area (Å²) in [6.45, 7) is 2.03. The first-order chi connectivity index (χ1) is 4.72. The largest absolute Gasteiger partial charge is 0.327 e. The molecule has 10 heavy (non-hydrogen) atoms. The van der Waals surface area contributed by atoms with Crippen LogP contribution in [-0.4, -0.2) is 19.6 Å². The number of carbonyl (C=O) groups excluding carboxylic acids is 1. The first kappa shape index (κ1) is 9.13. The molecule has 1 amide bonds. The average molecular weight is 144 g/mol. The first-order valence-electron chi connectivity index (χ1n) is 2.92. The van der Waals surface area contributed by atoms with Crippen LogP contribution in [0.4, 0.5) is 0 Å². The molecule has 0 saturated heterocycles. The van der Waals surface area contributed by atoms with Crippen molar-refractivity contribution in [3.63, 3.8) is 0 Å². The molecule has 0 aromatic heterocycles. The number of amides is 1. The van der Waals surface area contributed by atoms with Crippen molar-refractivity contribution in [2.75, 3.05) is 13.7 Å². The van der Waals surface area contributed by atoms with Gasteiger partial charge in [-0.1, -0.05) is 6.08 Å². The second-order valence-electron chi connectivity index (χ2n) is 1.76. The van der Waals surface area contributed by atoms with Crippen LogP contribution in [0, 0.1) is 0 Å². The standard InChI is InChI=1S/C6H12N2O2/c1-5(3-4-7)6(9)8-10-2/h3H,4,7H2,1-2H3,(H,8,9)/b5-3+. The third-order valence-corrected chi connectivity index (χ3v) is 0.977. The summed E-state index contributed by atoms with van der Waals surface area (Å²) in [7, 11) is 1.38. The number of carbonyl (C=O) groups is 1. The van der Waals surface area contributed by atoms with E-state index in [1.165, 1.54) is 7.11 Å². The van der Waals surface area contributed by atoms with Crippen LogP contribution in [0.15, 0.2) is 11.6 Å². The van der Waals surface area contributed by atoms with Crippen LogP contribution in [0.5, 0.6) is 0 Å². The van der Waals surface area contributed by atoms with Crippen LogP contribution < -0.4 is 11.2 Å². The van der Waals surface area contributed by atoms with Gasteiger partial charge in [-0.2, -0.15) is 0 Å². The fraction of sp³-hybridized carbons (Fsp3) is 0.500. The van der Waals surface area contributed by atoms with Gasteiger partial charge >= 0.3 is 0 Å². The monoisotopic (exact) mass is 144 g/mol. The summed E-state index contributed by atoms with van der Waals surface area (Å²) >= 11 is 0. The summed E-state index contributed by atoms with van der Waals surface area (Å²) in [6, 6.07) is 0. The second-order valence-corrected chi connectivity index (χ2v) is 1.76. The fourth-order valence-electron chi connectivity index (χ4n) is 0.443. The minimum Gasteiger partial charge on any atom is -0.327 e. The Hall–Kier alpha value is -0.870. The lowest BCUT2D eigenvalue weighted by atomic mass is 10.3. The summed E-state index contributed by atoms with van der Waals surface area (Å²) in [4.78, 5) is 15.2. The Balaban J connectivity index is 3.82. The number of rotatable bonds is 3. The van der Waals surface area contributed by atoms with Gasteiger partial charge in [-0.25, -0.2) is 5.48 Å². The van der Waals surface area contributed by atoms with E-state index in [9.17, 15) is 4.79 Å². The molecule has 0 radical (unpaired) electrons. The molecule has 0 aliphatic carbocycles. The number of hydroxylamine groups is 1. The van der Waals surface area contributed by atoms with E-state index >= 15 is 0 Å². The van der Waals surface area contributed by atoms with Gasteiger partial charge in [-0.3, -0.25) is 9.63 Å². The van der Waals surface area contributed by atoms with Gasteiger partial charge in [0.2, 0.25) is 0 Å². The molecule has 0 atom stereocenters. The smallest absolute Gasteiger partial charge is 0.270 e. The Labute approximate surface area is 60.0 Å². The summed E-state index contributed by atoms with van der Waals surface area (Å²) in [5, 5.41) is 0. The Morgan fingerprint density at radius 3 is 2.80 bits per heavy atom. The fourth-order valence-corrected chi connectivity index (χ4v) is 0.443. The Morgan fingerprint density at radius 2 is 2.40 bits per heavy atom. The van der Waals surface area contributed by atoms with Crippen molar-refractivity contribution < 1.29 is 9.63 Å². The summed E-state index contributed by atoms with van der Waals surface area (Å²) in [5.41, 5.74) is 7.89. The van der Waals surface area contributed by atoms with Crippen LogP contribution >= 0.6 is 0 Å². The third kappa shape index (κ3) is 3.21. The van der Waals surface area contributed by atoms with E-state index in [4.69, 9.17) is 5.73 Å². The van der Waals surface area contributed by atoms with E-state index in [0.717, 1.165) is 0 Å². The van der Waals surface area contributed by atoms with Gasteiger partial charge in [0.1, 0.15) is 0 Å². The molecule has 0 fully saturated rings. The lowest BCUT2D eigenvalue weighted by molar-refractivity contribution is -0.127. The van der Waals surface area contributed by atoms with E-state index in [0.29, 0.717) is 12.1 Å². The highest BCUT2D eigenvalue weighted by Crippen LogP contribution is 1.89. The zero-order valence-corrected chi connectivity index (χ0v) is 6.18. The highest BCUT2D eigenvalue weighted by atomic mass is 16.6. The van der Waals surface area contributed by atoms with Crippen molar-refractivity contribution in [2.45, 2.75) is 6.92 Å². The molecule has 0 aliphatic heterocycles. The SMILES string of the molecule is CONC(=O)/C(C)=C/CN. The molecular weight excluding hydrogens is 132 g/mol. The van der Waals surface area contributed by atoms with Gasteiger partial charge in [0.15, 0.2) is 0 Å². The minimum absolute atomic E-state index is 0.257. The van der Waals surface area contributed by atoms with Gasteiger partial charge in [0.05, 0.1) is 7.11 Å². The molecule has 0 aromatic rings. The molecule has 0 spiro atoms. The maximum atomic E-state index is 10.8. The molecule has 0 rings (SSSR count). The van der Waals surface area contributed by atoms with Gasteiger partial charge in [-0.05, 0) is 6.92 Å². The molecule has 4 heteroatoms. The second kappa shape index (κ2) is 4.96. The molecule has 4 nitrogen and oxygen atoms in total. The van der Waals surface area contributed by atoms with Crippen molar-refractivity contribution in [1.29, 1.82) is 0 Å². The quantitative estimate of drug-likeness (QED) is 0.417. The first-order valence-corrected chi connectivity index (χ1v) is 2.92. The summed E-state index contributed by atoms with van der Waals surface area (Å²) in [6.07, 6.45) is 1.62. The van der Waals surface area contributed by atoms with Crippen molar-refractivity contribution in [3.05, 3.63) is 11.6 Å². The van der Waals surface area contributed by atoms with Gasteiger partial charge in [0.25, 0.3) is 5.91 Å². The maximum absolute atomic E-state index is 10.8. The molecule has 0 saturated carbocycles. The topological polar surface area (TPSA) is 64.3 Å². The average Bonchev–Trinajstić information content (AvgIpc) is 1.89. The molecule has 0 aromatic carbocycles. The number of hydrogen-bond donors (Lipinski definition) is 2. The molecular formula is C6H12N2O2. The van der Waals surface area contributed by atoms with Gasteiger partial charge in [0, 0.05) is 12.1 Å². The maximum Gasteiger partial charge on any atom is 0.270 e. The predicted molar refractivity (Wildman–Crippen MR) is 38.0 cm³/mol. The highest BCUT2D eigenvalue weighted by Gasteiger charge is 1.99. The number of hydrogen-bond acceptors (Lipinski definition) is 3. The summed E-state index contributed by atoms with van der Waals surface area (Å²) in [5.74, 6) is -0.257. The Kier molecular flexibility index (Phi) is 4.53. The van der Waals surface area contributed by atoms with Crippen LogP contribution in [0.3, 0.4) is 0 Å². The molecule has 0 heterocycles. The van der Waals surface area contributed by atoms with E-state index < -0.39 is 0 Å².